The summed E-state index contributed by atoms with van der Waals surface area (Å²) in [6, 6.07) is 15.4. The van der Waals surface area contributed by atoms with E-state index in [-0.39, 0.29) is 36.0 Å². The van der Waals surface area contributed by atoms with Gasteiger partial charge in [0, 0.05) is 12.6 Å². The quantitative estimate of drug-likeness (QED) is 0.273. The molecule has 3 aromatic rings. The number of nitrogens with zero attached hydrogens (tertiary/aromatic N) is 4. The van der Waals surface area contributed by atoms with Gasteiger partial charge in [-0.2, -0.15) is 0 Å². The van der Waals surface area contributed by atoms with Gasteiger partial charge in [0.2, 0.25) is 11.8 Å². The van der Waals surface area contributed by atoms with Crippen molar-refractivity contribution in [2.75, 3.05) is 11.1 Å². The molecular formula is C21H22N6O4S. The van der Waals surface area contributed by atoms with Crippen LogP contribution in [0.1, 0.15) is 18.3 Å². The van der Waals surface area contributed by atoms with Crippen LogP contribution in [0.25, 0.3) is 0 Å². The highest BCUT2D eigenvalue weighted by molar-refractivity contribution is 7.99. The molecule has 0 bridgehead atoms. The van der Waals surface area contributed by atoms with E-state index in [0.717, 1.165) is 5.56 Å². The van der Waals surface area contributed by atoms with E-state index in [9.17, 15) is 19.7 Å². The number of nitro benzene ring substituents is 1. The fourth-order valence-corrected chi connectivity index (χ4v) is 3.77. The number of amides is 2. The van der Waals surface area contributed by atoms with Crippen molar-refractivity contribution in [1.82, 2.24) is 20.1 Å². The number of nitrogens with one attached hydrogen (secondary N) is 2. The summed E-state index contributed by atoms with van der Waals surface area (Å²) in [6.07, 6.45) is 0.272. The fraction of sp³-hybridized carbons (Fsp3) is 0.238. The zero-order valence-corrected chi connectivity index (χ0v) is 18.2. The molecule has 2 amide bonds. The zero-order valence-electron chi connectivity index (χ0n) is 17.4. The van der Waals surface area contributed by atoms with Crippen molar-refractivity contribution in [2.45, 2.75) is 31.6 Å². The summed E-state index contributed by atoms with van der Waals surface area (Å²) < 4.78 is 1.81. The summed E-state index contributed by atoms with van der Waals surface area (Å²) in [6.45, 7) is 2.69. The molecule has 2 aromatic carbocycles. The Kier molecular flexibility index (Phi) is 7.92. The van der Waals surface area contributed by atoms with Crippen LogP contribution < -0.4 is 10.6 Å². The minimum Gasteiger partial charge on any atom is -0.349 e. The second-order valence-electron chi connectivity index (χ2n) is 6.69. The Hall–Kier alpha value is -3.73. The van der Waals surface area contributed by atoms with E-state index in [4.69, 9.17) is 0 Å². The van der Waals surface area contributed by atoms with Gasteiger partial charge < -0.3 is 15.2 Å². The monoisotopic (exact) mass is 454 g/mol. The molecule has 0 radical (unpaired) electrons. The number of nitro groups is 1. The lowest BCUT2D eigenvalue weighted by Gasteiger charge is -2.09. The van der Waals surface area contributed by atoms with Gasteiger partial charge in [-0.05, 0) is 18.6 Å². The van der Waals surface area contributed by atoms with Crippen molar-refractivity contribution < 1.29 is 14.5 Å². The molecule has 0 aliphatic rings. The van der Waals surface area contributed by atoms with Crippen molar-refractivity contribution in [3.05, 3.63) is 76.1 Å². The normalized spacial score (nSPS) is 10.5. The summed E-state index contributed by atoms with van der Waals surface area (Å²) in [4.78, 5) is 35.0. The van der Waals surface area contributed by atoms with E-state index in [1.165, 1.54) is 30.0 Å². The number of hydrogen-bond donors (Lipinski definition) is 2. The number of thioether (sulfide) groups is 1. The van der Waals surface area contributed by atoms with E-state index in [1.54, 1.807) is 6.07 Å². The smallest absolute Gasteiger partial charge is 0.292 e. The van der Waals surface area contributed by atoms with E-state index in [0.29, 0.717) is 17.5 Å². The maximum atomic E-state index is 12.3. The van der Waals surface area contributed by atoms with Crippen LogP contribution in [0.4, 0.5) is 11.4 Å². The molecule has 0 atom stereocenters. The Morgan fingerprint density at radius 3 is 2.50 bits per heavy atom. The van der Waals surface area contributed by atoms with Gasteiger partial charge in [-0.3, -0.25) is 19.7 Å². The van der Waals surface area contributed by atoms with Crippen LogP contribution in [-0.4, -0.2) is 37.3 Å². The van der Waals surface area contributed by atoms with Crippen molar-refractivity contribution in [3.8, 4) is 0 Å². The average Bonchev–Trinajstić information content (AvgIpc) is 3.19. The second kappa shape index (κ2) is 11.0. The molecule has 32 heavy (non-hydrogen) atoms. The summed E-state index contributed by atoms with van der Waals surface area (Å²) in [5.41, 5.74) is 0.890. The van der Waals surface area contributed by atoms with Crippen LogP contribution in [-0.2, 0) is 29.1 Å². The molecule has 1 heterocycles. The lowest BCUT2D eigenvalue weighted by molar-refractivity contribution is -0.383. The molecule has 0 aliphatic carbocycles. The first-order valence-electron chi connectivity index (χ1n) is 9.86. The number of aromatic nitrogens is 3. The van der Waals surface area contributed by atoms with Crippen molar-refractivity contribution in [3.63, 3.8) is 0 Å². The Bertz CT molecular complexity index is 1100. The van der Waals surface area contributed by atoms with Gasteiger partial charge in [0.05, 0.1) is 23.6 Å². The van der Waals surface area contributed by atoms with E-state index in [1.807, 2.05) is 41.8 Å². The summed E-state index contributed by atoms with van der Waals surface area (Å²) in [7, 11) is 0. The minimum absolute atomic E-state index is 0.00451. The van der Waals surface area contributed by atoms with Gasteiger partial charge >= 0.3 is 0 Å². The lowest BCUT2D eigenvalue weighted by Crippen LogP contribution is -2.26. The van der Waals surface area contributed by atoms with Gasteiger partial charge in [-0.15, -0.1) is 10.2 Å². The maximum absolute atomic E-state index is 12.3. The molecular weight excluding hydrogens is 432 g/mol. The first-order valence-corrected chi connectivity index (χ1v) is 10.8. The van der Waals surface area contributed by atoms with Crippen LogP contribution in [0.3, 0.4) is 0 Å². The molecule has 0 spiro atoms. The largest absolute Gasteiger partial charge is 0.349 e. The minimum atomic E-state index is -0.547. The highest BCUT2D eigenvalue weighted by atomic mass is 32.2. The summed E-state index contributed by atoms with van der Waals surface area (Å²) in [5.74, 6) is 0.0629. The third kappa shape index (κ3) is 6.14. The molecule has 11 heteroatoms. The number of benzene rings is 2. The van der Waals surface area contributed by atoms with Gasteiger partial charge in [0.25, 0.3) is 5.69 Å². The molecule has 0 saturated heterocycles. The highest BCUT2D eigenvalue weighted by Crippen LogP contribution is 2.24. The third-order valence-electron chi connectivity index (χ3n) is 4.47. The maximum Gasteiger partial charge on any atom is 0.292 e. The molecule has 3 rings (SSSR count). The summed E-state index contributed by atoms with van der Waals surface area (Å²) >= 11 is 1.17. The van der Waals surface area contributed by atoms with Crippen molar-refractivity contribution in [2.24, 2.45) is 0 Å². The molecule has 1 aromatic heterocycles. The van der Waals surface area contributed by atoms with Crippen LogP contribution >= 0.6 is 11.8 Å². The molecule has 10 nitrogen and oxygen atoms in total. The van der Waals surface area contributed by atoms with Gasteiger partial charge in [0.15, 0.2) is 11.0 Å². The highest BCUT2D eigenvalue weighted by Gasteiger charge is 2.17. The van der Waals surface area contributed by atoms with Crippen LogP contribution in [0.5, 0.6) is 0 Å². The molecule has 0 unspecified atom stereocenters. The van der Waals surface area contributed by atoms with Gasteiger partial charge in [0.1, 0.15) is 5.69 Å². The Morgan fingerprint density at radius 1 is 1.06 bits per heavy atom. The second-order valence-corrected chi connectivity index (χ2v) is 7.64. The number of anilines is 1. The predicted molar refractivity (Wildman–Crippen MR) is 120 cm³/mol. The first-order chi connectivity index (χ1) is 15.5. The summed E-state index contributed by atoms with van der Waals surface area (Å²) in [5, 5.41) is 25.2. The predicted octanol–water partition coefficient (Wildman–Crippen LogP) is 2.80. The number of hydrogen-bond acceptors (Lipinski definition) is 7. The molecule has 2 N–H and O–H groups in total. The standard InChI is InChI=1S/C21H22N6O4S/c1-2-26-18(13-22-19(28)12-15-8-4-3-5-9-15)24-25-21(26)32-14-20(29)23-16-10-6-7-11-17(16)27(30)31/h3-11H,2,12-14H2,1H3,(H,22,28)(H,23,29). The number of para-hydroxylation sites is 2. The average molecular weight is 455 g/mol. The van der Waals surface area contributed by atoms with E-state index in [2.05, 4.69) is 20.8 Å². The van der Waals surface area contributed by atoms with Gasteiger partial charge in [-0.1, -0.05) is 54.2 Å². The number of rotatable bonds is 10. The Balaban J connectivity index is 1.55. The topological polar surface area (TPSA) is 132 Å². The molecule has 0 saturated carbocycles. The number of carbonyl (C=O) groups is 2. The first kappa shape index (κ1) is 22.9. The zero-order chi connectivity index (χ0) is 22.9. The van der Waals surface area contributed by atoms with Crippen LogP contribution in [0.2, 0.25) is 0 Å². The fourth-order valence-electron chi connectivity index (χ4n) is 2.95. The van der Waals surface area contributed by atoms with Crippen LogP contribution in [0.15, 0.2) is 59.8 Å². The third-order valence-corrected chi connectivity index (χ3v) is 5.43. The lowest BCUT2D eigenvalue weighted by atomic mass is 10.1. The Morgan fingerprint density at radius 2 is 1.78 bits per heavy atom. The Labute approximate surface area is 188 Å². The van der Waals surface area contributed by atoms with Gasteiger partial charge in [-0.25, -0.2) is 0 Å². The van der Waals surface area contributed by atoms with E-state index < -0.39 is 10.8 Å². The SMILES string of the molecule is CCn1c(CNC(=O)Cc2ccccc2)nnc1SCC(=O)Nc1ccccc1[N+](=O)[O-]. The molecule has 166 valence electrons. The number of carbonyl (C=O) groups excluding carboxylic acids is 2. The van der Waals surface area contributed by atoms with Crippen LogP contribution in [0, 0.1) is 10.1 Å². The van der Waals surface area contributed by atoms with E-state index >= 15 is 0 Å². The van der Waals surface area contributed by atoms with Crippen molar-refractivity contribution >= 4 is 35.0 Å². The molecule has 0 fully saturated rings. The molecule has 0 aliphatic heterocycles. The van der Waals surface area contributed by atoms with Crippen molar-refractivity contribution in [1.29, 1.82) is 0 Å².